The van der Waals surface area contributed by atoms with E-state index in [2.05, 4.69) is 10.3 Å². The Morgan fingerprint density at radius 2 is 1.88 bits per heavy atom. The number of aromatic nitrogens is 1. The lowest BCUT2D eigenvalue weighted by molar-refractivity contribution is -0.0617. The predicted octanol–water partition coefficient (Wildman–Crippen LogP) is 2.30. The quantitative estimate of drug-likeness (QED) is 0.754. The van der Waals surface area contributed by atoms with Crippen LogP contribution in [-0.4, -0.2) is 42.6 Å². The Labute approximate surface area is 154 Å². The van der Waals surface area contributed by atoms with Gasteiger partial charge in [0.05, 0.1) is 12.7 Å². The molecule has 0 aliphatic carbocycles. The topological polar surface area (TPSA) is 72.8 Å². The minimum atomic E-state index is -0.671. The molecule has 6 heteroatoms. The second kappa shape index (κ2) is 8.98. The standard InChI is InChI=1S/C20H26N2O4/c1-24-19-12-17(13-22-15-20(23)6-10-25-11-7-20)2-3-18(19)26-14-16-4-8-21-9-5-16/h2-5,8-9,12,22-23H,6-7,10-11,13-15H2,1H3. The van der Waals surface area contributed by atoms with Crippen molar-refractivity contribution >= 4 is 0 Å². The van der Waals surface area contributed by atoms with Gasteiger partial charge in [-0.25, -0.2) is 0 Å². The van der Waals surface area contributed by atoms with Crippen molar-refractivity contribution in [2.75, 3.05) is 26.9 Å². The molecule has 0 amide bonds. The van der Waals surface area contributed by atoms with Crippen LogP contribution in [-0.2, 0) is 17.9 Å². The van der Waals surface area contributed by atoms with E-state index in [1.54, 1.807) is 19.5 Å². The summed E-state index contributed by atoms with van der Waals surface area (Å²) in [6.45, 7) is 2.92. The Morgan fingerprint density at radius 1 is 1.12 bits per heavy atom. The van der Waals surface area contributed by atoms with E-state index in [-0.39, 0.29) is 0 Å². The zero-order chi connectivity index (χ0) is 18.2. The molecule has 0 atom stereocenters. The maximum atomic E-state index is 10.5. The van der Waals surface area contributed by atoms with E-state index in [1.807, 2.05) is 30.3 Å². The summed E-state index contributed by atoms with van der Waals surface area (Å²) in [6, 6.07) is 9.73. The highest BCUT2D eigenvalue weighted by atomic mass is 16.5. The van der Waals surface area contributed by atoms with E-state index in [1.165, 1.54) is 0 Å². The molecule has 1 aromatic heterocycles. The third-order valence-electron chi connectivity index (χ3n) is 4.58. The summed E-state index contributed by atoms with van der Waals surface area (Å²) in [6.07, 6.45) is 4.84. The van der Waals surface area contributed by atoms with Crippen LogP contribution in [0.3, 0.4) is 0 Å². The molecule has 0 unspecified atom stereocenters. The molecule has 0 bridgehead atoms. The zero-order valence-corrected chi connectivity index (χ0v) is 15.1. The highest BCUT2D eigenvalue weighted by molar-refractivity contribution is 5.43. The Balaban J connectivity index is 1.54. The van der Waals surface area contributed by atoms with Crippen molar-refractivity contribution in [3.8, 4) is 11.5 Å². The molecular weight excluding hydrogens is 332 g/mol. The lowest BCUT2D eigenvalue weighted by Crippen LogP contribution is -2.44. The van der Waals surface area contributed by atoms with E-state index < -0.39 is 5.60 Å². The summed E-state index contributed by atoms with van der Waals surface area (Å²) in [4.78, 5) is 4.00. The maximum Gasteiger partial charge on any atom is 0.161 e. The predicted molar refractivity (Wildman–Crippen MR) is 98.3 cm³/mol. The fraction of sp³-hybridized carbons (Fsp3) is 0.450. The van der Waals surface area contributed by atoms with Gasteiger partial charge < -0.3 is 24.6 Å². The van der Waals surface area contributed by atoms with Crippen molar-refractivity contribution in [3.63, 3.8) is 0 Å². The molecule has 0 spiro atoms. The first-order valence-electron chi connectivity index (χ1n) is 8.88. The first-order chi connectivity index (χ1) is 12.7. The van der Waals surface area contributed by atoms with Gasteiger partial charge in [-0.05, 0) is 35.4 Å². The van der Waals surface area contributed by atoms with Gasteiger partial charge >= 0.3 is 0 Å². The van der Waals surface area contributed by atoms with Crippen LogP contribution in [0.2, 0.25) is 0 Å². The van der Waals surface area contributed by atoms with Gasteiger partial charge in [-0.1, -0.05) is 6.07 Å². The smallest absolute Gasteiger partial charge is 0.161 e. The minimum Gasteiger partial charge on any atom is -0.493 e. The number of nitrogens with one attached hydrogen (secondary N) is 1. The minimum absolute atomic E-state index is 0.464. The molecule has 1 saturated heterocycles. The molecule has 1 fully saturated rings. The fourth-order valence-electron chi connectivity index (χ4n) is 2.95. The highest BCUT2D eigenvalue weighted by Crippen LogP contribution is 2.29. The lowest BCUT2D eigenvalue weighted by atomic mass is 9.94. The molecule has 1 aliphatic rings. The molecule has 140 valence electrons. The van der Waals surface area contributed by atoms with Crippen molar-refractivity contribution in [2.45, 2.75) is 31.6 Å². The van der Waals surface area contributed by atoms with Gasteiger partial charge in [-0.15, -0.1) is 0 Å². The first-order valence-corrected chi connectivity index (χ1v) is 8.88. The number of rotatable bonds is 8. The summed E-state index contributed by atoms with van der Waals surface area (Å²) in [5.74, 6) is 1.40. The highest BCUT2D eigenvalue weighted by Gasteiger charge is 2.29. The average Bonchev–Trinajstić information content (AvgIpc) is 2.68. The second-order valence-electron chi connectivity index (χ2n) is 6.57. The van der Waals surface area contributed by atoms with Crippen LogP contribution in [0.25, 0.3) is 0 Å². The fourth-order valence-corrected chi connectivity index (χ4v) is 2.95. The SMILES string of the molecule is COc1cc(CNCC2(O)CCOCC2)ccc1OCc1ccncc1. The molecular formula is C20H26N2O4. The molecule has 3 rings (SSSR count). The van der Waals surface area contributed by atoms with Gasteiger partial charge in [-0.3, -0.25) is 4.98 Å². The van der Waals surface area contributed by atoms with Crippen molar-refractivity contribution in [3.05, 3.63) is 53.9 Å². The molecule has 2 N–H and O–H groups in total. The van der Waals surface area contributed by atoms with Gasteiger partial charge in [0, 0.05) is 51.5 Å². The molecule has 1 aliphatic heterocycles. The number of pyridine rings is 1. The lowest BCUT2D eigenvalue weighted by Gasteiger charge is -2.32. The summed E-state index contributed by atoms with van der Waals surface area (Å²) in [7, 11) is 1.64. The van der Waals surface area contributed by atoms with Gasteiger partial charge in [-0.2, -0.15) is 0 Å². The average molecular weight is 358 g/mol. The van der Waals surface area contributed by atoms with Crippen LogP contribution in [0, 0.1) is 0 Å². The Morgan fingerprint density at radius 3 is 2.62 bits per heavy atom. The summed E-state index contributed by atoms with van der Waals surface area (Å²) >= 11 is 0. The molecule has 0 radical (unpaired) electrons. The van der Waals surface area contributed by atoms with Crippen molar-refractivity contribution in [1.82, 2.24) is 10.3 Å². The number of aliphatic hydroxyl groups is 1. The van der Waals surface area contributed by atoms with Crippen LogP contribution in [0.1, 0.15) is 24.0 Å². The summed E-state index contributed by atoms with van der Waals surface area (Å²) in [5, 5.41) is 13.8. The molecule has 2 aromatic rings. The monoisotopic (exact) mass is 358 g/mol. The van der Waals surface area contributed by atoms with Gasteiger partial charge in [0.15, 0.2) is 11.5 Å². The van der Waals surface area contributed by atoms with Crippen LogP contribution in [0.15, 0.2) is 42.7 Å². The van der Waals surface area contributed by atoms with Crippen LogP contribution in [0.4, 0.5) is 0 Å². The van der Waals surface area contributed by atoms with E-state index in [4.69, 9.17) is 14.2 Å². The third kappa shape index (κ3) is 5.17. The number of benzene rings is 1. The Kier molecular flexibility index (Phi) is 6.44. The number of hydrogen-bond donors (Lipinski definition) is 2. The molecule has 0 saturated carbocycles. The van der Waals surface area contributed by atoms with Crippen LogP contribution >= 0.6 is 0 Å². The van der Waals surface area contributed by atoms with Crippen LogP contribution < -0.4 is 14.8 Å². The number of methoxy groups -OCH3 is 1. The molecule has 2 heterocycles. The van der Waals surface area contributed by atoms with Gasteiger partial charge in [0.1, 0.15) is 6.61 Å². The molecule has 1 aromatic carbocycles. The molecule has 6 nitrogen and oxygen atoms in total. The van der Waals surface area contributed by atoms with Gasteiger partial charge in [0.25, 0.3) is 0 Å². The summed E-state index contributed by atoms with van der Waals surface area (Å²) in [5.41, 5.74) is 1.46. The number of ether oxygens (including phenoxy) is 3. The normalized spacial score (nSPS) is 16.2. The Hall–Kier alpha value is -2.15. The Bertz CT molecular complexity index is 687. The van der Waals surface area contributed by atoms with Crippen LogP contribution in [0.5, 0.6) is 11.5 Å². The third-order valence-corrected chi connectivity index (χ3v) is 4.58. The van der Waals surface area contributed by atoms with E-state index in [9.17, 15) is 5.11 Å². The van der Waals surface area contributed by atoms with Crippen molar-refractivity contribution in [1.29, 1.82) is 0 Å². The van der Waals surface area contributed by atoms with Crippen molar-refractivity contribution < 1.29 is 19.3 Å². The molecule has 26 heavy (non-hydrogen) atoms. The van der Waals surface area contributed by atoms with E-state index in [0.717, 1.165) is 11.1 Å². The van der Waals surface area contributed by atoms with Gasteiger partial charge in [0.2, 0.25) is 0 Å². The first kappa shape index (κ1) is 18.6. The maximum absolute atomic E-state index is 10.5. The van der Waals surface area contributed by atoms with E-state index in [0.29, 0.717) is 57.3 Å². The zero-order valence-electron chi connectivity index (χ0n) is 15.1. The summed E-state index contributed by atoms with van der Waals surface area (Å²) < 4.78 is 16.6. The van der Waals surface area contributed by atoms with E-state index >= 15 is 0 Å². The largest absolute Gasteiger partial charge is 0.493 e. The van der Waals surface area contributed by atoms with Crippen molar-refractivity contribution in [2.24, 2.45) is 0 Å². The number of nitrogens with zero attached hydrogens (tertiary/aromatic N) is 1. The number of hydrogen-bond acceptors (Lipinski definition) is 6. The second-order valence-corrected chi connectivity index (χ2v) is 6.57.